The highest BCUT2D eigenvalue weighted by Gasteiger charge is 2.61. The van der Waals surface area contributed by atoms with Crippen LogP contribution in [-0.2, 0) is 26.8 Å². The summed E-state index contributed by atoms with van der Waals surface area (Å²) in [5.74, 6) is 0.518. The lowest BCUT2D eigenvalue weighted by atomic mass is 9.70. The summed E-state index contributed by atoms with van der Waals surface area (Å²) in [5, 5.41) is 4.58. The number of hydrogen-bond donors (Lipinski definition) is 1. The molecule has 1 saturated heterocycles. The first kappa shape index (κ1) is 26.9. The second-order valence-electron chi connectivity index (χ2n) is 10.8. The maximum atomic E-state index is 13.7. The average Bonchev–Trinajstić information content (AvgIpc) is 3.65. The highest BCUT2D eigenvalue weighted by atomic mass is 35.5. The van der Waals surface area contributed by atoms with Crippen LogP contribution in [0, 0.1) is 5.92 Å². The molecule has 2 aliphatic rings. The van der Waals surface area contributed by atoms with Crippen LogP contribution in [0.3, 0.4) is 0 Å². The van der Waals surface area contributed by atoms with E-state index in [4.69, 9.17) is 23.2 Å². The van der Waals surface area contributed by atoms with Crippen LogP contribution in [0.4, 0.5) is 0 Å². The van der Waals surface area contributed by atoms with Gasteiger partial charge in [-0.15, -0.1) is 0 Å². The van der Waals surface area contributed by atoms with Crippen LogP contribution in [0.1, 0.15) is 42.9 Å². The van der Waals surface area contributed by atoms with E-state index in [1.807, 2.05) is 66.7 Å². The molecule has 6 heteroatoms. The molecule has 4 nitrogen and oxygen atoms in total. The summed E-state index contributed by atoms with van der Waals surface area (Å²) in [6.45, 7) is 4.78. The van der Waals surface area contributed by atoms with E-state index in [9.17, 15) is 9.59 Å². The minimum Gasteiger partial charge on any atom is -0.355 e. The summed E-state index contributed by atoms with van der Waals surface area (Å²) in [6.07, 6.45) is 3.10. The van der Waals surface area contributed by atoms with Gasteiger partial charge in [-0.3, -0.25) is 9.59 Å². The number of rotatable bonds is 9. The van der Waals surface area contributed by atoms with Crippen molar-refractivity contribution in [1.29, 1.82) is 0 Å². The van der Waals surface area contributed by atoms with E-state index >= 15 is 0 Å². The Kier molecular flexibility index (Phi) is 7.95. The molecular weight excluding hydrogens is 515 g/mol. The van der Waals surface area contributed by atoms with Gasteiger partial charge in [0.05, 0.1) is 10.8 Å². The number of likely N-dealkylation sites (tertiary alicyclic amines) is 1. The number of carbonyl (C=O) groups is 2. The molecule has 0 radical (unpaired) electrons. The molecule has 0 aromatic heterocycles. The number of benzene rings is 3. The van der Waals surface area contributed by atoms with Crippen molar-refractivity contribution in [2.75, 3.05) is 26.2 Å². The Bertz CT molecular complexity index is 1290. The minimum absolute atomic E-state index is 0.0660. The first-order chi connectivity index (χ1) is 18.3. The van der Waals surface area contributed by atoms with Crippen molar-refractivity contribution in [1.82, 2.24) is 10.2 Å². The fourth-order valence-corrected chi connectivity index (χ4v) is 6.62. The molecule has 1 aliphatic heterocycles. The Morgan fingerprint density at radius 2 is 1.55 bits per heavy atom. The van der Waals surface area contributed by atoms with E-state index in [1.165, 1.54) is 0 Å². The van der Waals surface area contributed by atoms with Gasteiger partial charge in [0.15, 0.2) is 0 Å². The lowest BCUT2D eigenvalue weighted by Gasteiger charge is -2.41. The topological polar surface area (TPSA) is 49.4 Å². The lowest BCUT2D eigenvalue weighted by molar-refractivity contribution is -0.124. The van der Waals surface area contributed by atoms with Crippen LogP contribution in [0.2, 0.25) is 10.0 Å². The maximum Gasteiger partial charge on any atom is 0.231 e. The summed E-state index contributed by atoms with van der Waals surface area (Å²) in [5.41, 5.74) is 2.20. The fraction of sp³-hybridized carbons (Fsp3) is 0.375. The molecule has 38 heavy (non-hydrogen) atoms. The molecule has 1 amide bonds. The number of piperidine rings is 1. The standard InChI is InChI=1S/C32H34Cl2N2O2/c1-23(37)31(25-8-3-2-4-9-25)16-19-36(20-17-31)22-27-21-32(27,26-11-13-28(33)14-12-26)30(38)35-18-15-24-7-5-6-10-29(24)34/h2-14,27H,15-22H2,1H3,(H,35,38). The summed E-state index contributed by atoms with van der Waals surface area (Å²) in [4.78, 5) is 28.9. The van der Waals surface area contributed by atoms with Crippen LogP contribution in [0.25, 0.3) is 0 Å². The summed E-state index contributed by atoms with van der Waals surface area (Å²) < 4.78 is 0. The third-order valence-electron chi connectivity index (χ3n) is 8.70. The summed E-state index contributed by atoms with van der Waals surface area (Å²) in [7, 11) is 0. The van der Waals surface area contributed by atoms with Crippen LogP contribution >= 0.6 is 23.2 Å². The molecule has 2 unspecified atom stereocenters. The molecule has 1 N–H and O–H groups in total. The molecule has 1 heterocycles. The first-order valence-electron chi connectivity index (χ1n) is 13.4. The quantitative estimate of drug-likeness (QED) is 0.344. The van der Waals surface area contributed by atoms with Gasteiger partial charge in [-0.1, -0.05) is 83.9 Å². The molecular formula is C32H34Cl2N2O2. The Hall–Kier alpha value is -2.66. The molecule has 5 rings (SSSR count). The van der Waals surface area contributed by atoms with E-state index in [1.54, 1.807) is 6.92 Å². The van der Waals surface area contributed by atoms with Crippen molar-refractivity contribution in [3.63, 3.8) is 0 Å². The van der Waals surface area contributed by atoms with Crippen LogP contribution in [-0.4, -0.2) is 42.8 Å². The second-order valence-corrected chi connectivity index (χ2v) is 11.6. The van der Waals surface area contributed by atoms with Crippen molar-refractivity contribution in [2.24, 2.45) is 5.92 Å². The monoisotopic (exact) mass is 548 g/mol. The number of nitrogens with zero attached hydrogens (tertiary/aromatic N) is 1. The molecule has 198 valence electrons. The van der Waals surface area contributed by atoms with E-state index in [2.05, 4.69) is 22.3 Å². The van der Waals surface area contributed by atoms with Crippen molar-refractivity contribution in [3.05, 3.63) is 106 Å². The van der Waals surface area contributed by atoms with Gasteiger partial charge < -0.3 is 10.2 Å². The number of amides is 1. The number of halogens is 2. The van der Waals surface area contributed by atoms with E-state index in [-0.39, 0.29) is 17.6 Å². The van der Waals surface area contributed by atoms with Crippen LogP contribution in [0.15, 0.2) is 78.9 Å². The Morgan fingerprint density at radius 3 is 2.21 bits per heavy atom. The van der Waals surface area contributed by atoms with Gasteiger partial charge in [-0.05, 0) is 86.5 Å². The molecule has 3 aromatic rings. The van der Waals surface area contributed by atoms with E-state index in [0.29, 0.717) is 18.0 Å². The molecule has 2 atom stereocenters. The Balaban J connectivity index is 1.26. The van der Waals surface area contributed by atoms with Gasteiger partial charge in [-0.25, -0.2) is 0 Å². The van der Waals surface area contributed by atoms with Gasteiger partial charge in [0.25, 0.3) is 0 Å². The van der Waals surface area contributed by atoms with Gasteiger partial charge in [0.1, 0.15) is 5.78 Å². The van der Waals surface area contributed by atoms with E-state index in [0.717, 1.165) is 60.6 Å². The Morgan fingerprint density at radius 1 is 0.895 bits per heavy atom. The Labute approximate surface area is 235 Å². The van der Waals surface area contributed by atoms with Crippen molar-refractivity contribution >= 4 is 34.9 Å². The zero-order chi connectivity index (χ0) is 26.8. The zero-order valence-electron chi connectivity index (χ0n) is 21.8. The third-order valence-corrected chi connectivity index (χ3v) is 9.32. The lowest BCUT2D eigenvalue weighted by Crippen LogP contribution is -2.47. The van der Waals surface area contributed by atoms with Gasteiger partial charge in [-0.2, -0.15) is 0 Å². The molecule has 0 spiro atoms. The highest BCUT2D eigenvalue weighted by molar-refractivity contribution is 6.31. The number of Topliss-reactive ketones (excluding diaryl/α,β-unsaturated/α-hetero) is 1. The predicted octanol–water partition coefficient (Wildman–Crippen LogP) is 6.23. The number of carbonyl (C=O) groups excluding carboxylic acids is 2. The van der Waals surface area contributed by atoms with Crippen LogP contribution in [0.5, 0.6) is 0 Å². The number of ketones is 1. The van der Waals surface area contributed by atoms with Crippen molar-refractivity contribution < 1.29 is 9.59 Å². The zero-order valence-corrected chi connectivity index (χ0v) is 23.3. The van der Waals surface area contributed by atoms with Crippen LogP contribution < -0.4 is 5.32 Å². The van der Waals surface area contributed by atoms with E-state index < -0.39 is 10.8 Å². The largest absolute Gasteiger partial charge is 0.355 e. The number of hydrogen-bond acceptors (Lipinski definition) is 3. The summed E-state index contributed by atoms with van der Waals surface area (Å²) >= 11 is 12.5. The molecule has 1 aliphatic carbocycles. The molecule has 0 bridgehead atoms. The highest BCUT2D eigenvalue weighted by Crippen LogP contribution is 2.55. The SMILES string of the molecule is CC(=O)C1(c2ccccc2)CCN(CC2CC2(C(=O)NCCc2ccccc2Cl)c2ccc(Cl)cc2)CC1. The van der Waals surface area contributed by atoms with Crippen molar-refractivity contribution in [2.45, 2.75) is 43.4 Å². The van der Waals surface area contributed by atoms with Gasteiger partial charge in [0, 0.05) is 23.1 Å². The summed E-state index contributed by atoms with van der Waals surface area (Å²) in [6, 6.07) is 25.6. The first-order valence-corrected chi connectivity index (χ1v) is 14.2. The maximum absolute atomic E-state index is 13.7. The smallest absolute Gasteiger partial charge is 0.231 e. The minimum atomic E-state index is -0.556. The average molecular weight is 550 g/mol. The molecule has 1 saturated carbocycles. The van der Waals surface area contributed by atoms with Gasteiger partial charge in [0.2, 0.25) is 5.91 Å². The van der Waals surface area contributed by atoms with Gasteiger partial charge >= 0.3 is 0 Å². The normalized spacial score (nSPS) is 22.6. The second kappa shape index (κ2) is 11.2. The fourth-order valence-electron chi connectivity index (χ4n) is 6.26. The predicted molar refractivity (Wildman–Crippen MR) is 154 cm³/mol. The van der Waals surface area contributed by atoms with Crippen molar-refractivity contribution in [3.8, 4) is 0 Å². The number of nitrogens with one attached hydrogen (secondary N) is 1. The molecule has 3 aromatic carbocycles. The molecule has 2 fully saturated rings. The third kappa shape index (κ3) is 5.27.